The first-order chi connectivity index (χ1) is 11.0. The highest BCUT2D eigenvalue weighted by molar-refractivity contribution is 9.10. The Labute approximate surface area is 146 Å². The Morgan fingerprint density at radius 1 is 1.22 bits per heavy atom. The number of nitrogens with one attached hydrogen (secondary N) is 2. The Hall–Kier alpha value is -2.12. The highest BCUT2D eigenvalue weighted by atomic mass is 79.9. The Morgan fingerprint density at radius 3 is 2.65 bits per heavy atom. The summed E-state index contributed by atoms with van der Waals surface area (Å²) < 4.78 is 0.627. The molecule has 0 atom stereocenters. The molecule has 0 aliphatic rings. The average molecular weight is 399 g/mol. The van der Waals surface area contributed by atoms with Gasteiger partial charge in [0.1, 0.15) is 5.69 Å². The van der Waals surface area contributed by atoms with Crippen molar-refractivity contribution in [2.24, 2.45) is 0 Å². The van der Waals surface area contributed by atoms with Crippen LogP contribution in [0.3, 0.4) is 0 Å². The maximum atomic E-state index is 12.0. The summed E-state index contributed by atoms with van der Waals surface area (Å²) in [6, 6.07) is 11.5. The van der Waals surface area contributed by atoms with Gasteiger partial charge in [-0.2, -0.15) is 0 Å². The van der Waals surface area contributed by atoms with Crippen LogP contribution >= 0.6 is 27.5 Å². The molecular formula is C15H13BrClN3O3. The summed E-state index contributed by atoms with van der Waals surface area (Å²) in [5, 5.41) is 17.0. The fourth-order valence-electron chi connectivity index (χ4n) is 1.92. The number of hydrogen-bond donors (Lipinski definition) is 2. The topological polar surface area (TPSA) is 84.3 Å². The van der Waals surface area contributed by atoms with E-state index >= 15 is 0 Å². The summed E-state index contributed by atoms with van der Waals surface area (Å²) in [6.45, 7) is 0.649. The summed E-state index contributed by atoms with van der Waals surface area (Å²) in [4.78, 5) is 22.5. The van der Waals surface area contributed by atoms with Crippen molar-refractivity contribution in [1.82, 2.24) is 5.32 Å². The fourth-order valence-corrected chi connectivity index (χ4v) is 2.49. The van der Waals surface area contributed by atoms with Crippen LogP contribution < -0.4 is 10.6 Å². The van der Waals surface area contributed by atoms with Gasteiger partial charge >= 0.3 is 0 Å². The van der Waals surface area contributed by atoms with Crippen molar-refractivity contribution in [2.75, 3.05) is 18.4 Å². The SMILES string of the molecule is O=C(NCCNc1ccc(Br)cc1[N+](=O)[O-])c1ccccc1Cl. The van der Waals surface area contributed by atoms with Crippen LogP contribution in [0, 0.1) is 10.1 Å². The van der Waals surface area contributed by atoms with Crippen molar-refractivity contribution in [3.8, 4) is 0 Å². The molecule has 0 radical (unpaired) electrons. The summed E-state index contributed by atoms with van der Waals surface area (Å²) in [6.07, 6.45) is 0. The molecule has 2 aromatic carbocycles. The second-order valence-electron chi connectivity index (χ2n) is 4.58. The van der Waals surface area contributed by atoms with Crippen molar-refractivity contribution in [1.29, 1.82) is 0 Å². The van der Waals surface area contributed by atoms with E-state index in [2.05, 4.69) is 26.6 Å². The van der Waals surface area contributed by atoms with Crippen LogP contribution in [0.1, 0.15) is 10.4 Å². The highest BCUT2D eigenvalue weighted by Gasteiger charge is 2.14. The van der Waals surface area contributed by atoms with Gasteiger partial charge in [-0.25, -0.2) is 0 Å². The van der Waals surface area contributed by atoms with Gasteiger partial charge in [0.05, 0.1) is 15.5 Å². The van der Waals surface area contributed by atoms with Crippen LogP contribution in [0.5, 0.6) is 0 Å². The van der Waals surface area contributed by atoms with Crippen LogP contribution in [0.2, 0.25) is 5.02 Å². The summed E-state index contributed by atoms with van der Waals surface area (Å²) >= 11 is 9.14. The van der Waals surface area contributed by atoms with Crippen molar-refractivity contribution in [3.05, 3.63) is 67.6 Å². The van der Waals surface area contributed by atoms with E-state index in [0.29, 0.717) is 33.8 Å². The lowest BCUT2D eigenvalue weighted by atomic mass is 10.2. The third-order valence-corrected chi connectivity index (χ3v) is 3.82. The second-order valence-corrected chi connectivity index (χ2v) is 5.90. The number of benzene rings is 2. The molecule has 0 aromatic heterocycles. The lowest BCUT2D eigenvalue weighted by Gasteiger charge is -2.09. The van der Waals surface area contributed by atoms with Gasteiger partial charge in [-0.1, -0.05) is 39.7 Å². The lowest BCUT2D eigenvalue weighted by Crippen LogP contribution is -2.29. The van der Waals surface area contributed by atoms with E-state index in [0.717, 1.165) is 0 Å². The molecule has 2 N–H and O–H groups in total. The molecule has 120 valence electrons. The molecule has 6 nitrogen and oxygen atoms in total. The Kier molecular flexibility index (Phi) is 5.95. The standard InChI is InChI=1S/C15H13BrClN3O3/c16-10-5-6-13(14(9-10)20(22)23)18-7-8-19-15(21)11-3-1-2-4-12(11)17/h1-6,9,18H,7-8H2,(H,19,21). The van der Waals surface area contributed by atoms with Crippen LogP contribution in [-0.2, 0) is 0 Å². The largest absolute Gasteiger partial charge is 0.378 e. The molecule has 0 unspecified atom stereocenters. The van der Waals surface area contributed by atoms with Crippen LogP contribution in [0.25, 0.3) is 0 Å². The number of amides is 1. The van der Waals surface area contributed by atoms with E-state index in [-0.39, 0.29) is 11.6 Å². The Morgan fingerprint density at radius 2 is 1.96 bits per heavy atom. The van der Waals surface area contributed by atoms with E-state index in [1.807, 2.05) is 0 Å². The summed E-state index contributed by atoms with van der Waals surface area (Å²) in [5.41, 5.74) is 0.755. The number of nitro groups is 1. The van der Waals surface area contributed by atoms with Gasteiger partial charge in [-0.05, 0) is 24.3 Å². The van der Waals surface area contributed by atoms with Crippen molar-refractivity contribution < 1.29 is 9.72 Å². The first-order valence-electron chi connectivity index (χ1n) is 6.69. The number of nitrogens with zero attached hydrogens (tertiary/aromatic N) is 1. The molecule has 8 heteroatoms. The minimum Gasteiger partial charge on any atom is -0.378 e. The molecule has 0 heterocycles. The monoisotopic (exact) mass is 397 g/mol. The van der Waals surface area contributed by atoms with Gasteiger partial charge in [0.25, 0.3) is 11.6 Å². The fraction of sp³-hybridized carbons (Fsp3) is 0.133. The van der Waals surface area contributed by atoms with Crippen LogP contribution in [0.4, 0.5) is 11.4 Å². The second kappa shape index (κ2) is 7.94. The molecule has 2 rings (SSSR count). The van der Waals surface area contributed by atoms with E-state index < -0.39 is 4.92 Å². The Balaban J connectivity index is 1.90. The van der Waals surface area contributed by atoms with Gasteiger partial charge in [0.2, 0.25) is 0 Å². The lowest BCUT2D eigenvalue weighted by molar-refractivity contribution is -0.384. The molecule has 2 aromatic rings. The summed E-state index contributed by atoms with van der Waals surface area (Å²) in [7, 11) is 0. The molecule has 0 saturated carbocycles. The number of carbonyl (C=O) groups excluding carboxylic acids is 1. The number of rotatable bonds is 6. The minimum absolute atomic E-state index is 0.0307. The molecule has 0 aliphatic carbocycles. The Bertz CT molecular complexity index is 740. The van der Waals surface area contributed by atoms with Gasteiger partial charge in [0.15, 0.2) is 0 Å². The molecule has 1 amide bonds. The van der Waals surface area contributed by atoms with E-state index in [9.17, 15) is 14.9 Å². The zero-order valence-corrected chi connectivity index (χ0v) is 14.2. The maximum absolute atomic E-state index is 12.0. The molecule has 0 spiro atoms. The summed E-state index contributed by atoms with van der Waals surface area (Å²) in [5.74, 6) is -0.289. The number of hydrogen-bond acceptors (Lipinski definition) is 4. The van der Waals surface area contributed by atoms with Crippen molar-refractivity contribution >= 4 is 44.8 Å². The van der Waals surface area contributed by atoms with Crippen molar-refractivity contribution in [2.45, 2.75) is 0 Å². The molecule has 0 aliphatic heterocycles. The van der Waals surface area contributed by atoms with E-state index in [4.69, 9.17) is 11.6 Å². The number of nitro benzene ring substituents is 1. The van der Waals surface area contributed by atoms with Gasteiger partial charge in [0, 0.05) is 23.6 Å². The highest BCUT2D eigenvalue weighted by Crippen LogP contribution is 2.27. The first-order valence-corrected chi connectivity index (χ1v) is 7.86. The predicted molar refractivity (Wildman–Crippen MR) is 93.1 cm³/mol. The predicted octanol–water partition coefficient (Wildman–Crippen LogP) is 3.85. The third-order valence-electron chi connectivity index (χ3n) is 3.00. The molecule has 0 saturated heterocycles. The first kappa shape index (κ1) is 17.2. The van der Waals surface area contributed by atoms with Gasteiger partial charge in [-0.15, -0.1) is 0 Å². The smallest absolute Gasteiger partial charge is 0.293 e. The van der Waals surface area contributed by atoms with Crippen molar-refractivity contribution in [3.63, 3.8) is 0 Å². The number of carbonyl (C=O) groups is 1. The quantitative estimate of drug-likeness (QED) is 0.440. The zero-order valence-electron chi connectivity index (χ0n) is 11.9. The van der Waals surface area contributed by atoms with E-state index in [1.54, 1.807) is 36.4 Å². The van der Waals surface area contributed by atoms with Gasteiger partial charge in [-0.3, -0.25) is 14.9 Å². The molecule has 0 fully saturated rings. The normalized spacial score (nSPS) is 10.2. The molecular weight excluding hydrogens is 386 g/mol. The average Bonchev–Trinajstić information content (AvgIpc) is 2.52. The maximum Gasteiger partial charge on any atom is 0.293 e. The van der Waals surface area contributed by atoms with Gasteiger partial charge < -0.3 is 10.6 Å². The van der Waals surface area contributed by atoms with Crippen LogP contribution in [0.15, 0.2) is 46.9 Å². The third kappa shape index (κ3) is 4.67. The molecule has 0 bridgehead atoms. The minimum atomic E-state index is -0.463. The molecule has 23 heavy (non-hydrogen) atoms. The van der Waals surface area contributed by atoms with Crippen LogP contribution in [-0.4, -0.2) is 23.9 Å². The van der Waals surface area contributed by atoms with E-state index in [1.165, 1.54) is 6.07 Å². The number of halogens is 2. The zero-order chi connectivity index (χ0) is 16.8. The number of anilines is 1.